The SMILES string of the molecule is CC(C)(C)OC(=O)NC(CC1C[C@@H]2C[C@@H]2C1)C(=O)O. The minimum Gasteiger partial charge on any atom is -0.480 e. The summed E-state index contributed by atoms with van der Waals surface area (Å²) in [6.45, 7) is 5.27. The van der Waals surface area contributed by atoms with Crippen molar-refractivity contribution in [2.45, 2.75) is 58.1 Å². The number of carbonyl (C=O) groups is 2. The highest BCUT2D eigenvalue weighted by Gasteiger charge is 2.46. The second kappa shape index (κ2) is 5.02. The fourth-order valence-electron chi connectivity index (χ4n) is 3.04. The summed E-state index contributed by atoms with van der Waals surface area (Å²) >= 11 is 0. The quantitative estimate of drug-likeness (QED) is 0.821. The van der Waals surface area contributed by atoms with Crippen LogP contribution in [0.1, 0.15) is 46.5 Å². The molecule has 2 aliphatic carbocycles. The number of aliphatic carboxylic acids is 1. The van der Waals surface area contributed by atoms with E-state index in [0.29, 0.717) is 12.3 Å². The minimum atomic E-state index is -0.980. The van der Waals surface area contributed by atoms with Gasteiger partial charge in [0.05, 0.1) is 0 Å². The Balaban J connectivity index is 1.82. The average molecular weight is 269 g/mol. The molecule has 0 aromatic rings. The van der Waals surface area contributed by atoms with E-state index in [1.54, 1.807) is 20.8 Å². The van der Waals surface area contributed by atoms with E-state index in [-0.39, 0.29) is 0 Å². The number of amides is 1. The smallest absolute Gasteiger partial charge is 0.408 e. The molecule has 2 N–H and O–H groups in total. The number of ether oxygens (including phenoxy) is 1. The summed E-state index contributed by atoms with van der Waals surface area (Å²) < 4.78 is 5.10. The fourth-order valence-corrected chi connectivity index (χ4v) is 3.04. The van der Waals surface area contributed by atoms with Crippen LogP contribution in [0, 0.1) is 17.8 Å². The Morgan fingerprint density at radius 3 is 2.32 bits per heavy atom. The first-order valence-corrected chi connectivity index (χ1v) is 6.97. The Morgan fingerprint density at radius 1 is 1.26 bits per heavy atom. The van der Waals surface area contributed by atoms with Gasteiger partial charge in [-0.1, -0.05) is 0 Å². The maximum atomic E-state index is 11.6. The van der Waals surface area contributed by atoms with Crippen molar-refractivity contribution in [1.82, 2.24) is 5.32 Å². The van der Waals surface area contributed by atoms with Crippen LogP contribution in [0.3, 0.4) is 0 Å². The van der Waals surface area contributed by atoms with Crippen LogP contribution in [0.25, 0.3) is 0 Å². The van der Waals surface area contributed by atoms with Crippen LogP contribution < -0.4 is 5.32 Å². The lowest BCUT2D eigenvalue weighted by atomic mass is 9.95. The highest BCUT2D eigenvalue weighted by atomic mass is 16.6. The Bertz CT molecular complexity index is 364. The summed E-state index contributed by atoms with van der Waals surface area (Å²) in [4.78, 5) is 22.8. The number of hydrogen-bond donors (Lipinski definition) is 2. The van der Waals surface area contributed by atoms with Gasteiger partial charge in [-0.25, -0.2) is 9.59 Å². The Hall–Kier alpha value is -1.26. The van der Waals surface area contributed by atoms with Gasteiger partial charge in [-0.15, -0.1) is 0 Å². The summed E-state index contributed by atoms with van der Waals surface area (Å²) in [6.07, 6.45) is 3.41. The zero-order chi connectivity index (χ0) is 14.2. The summed E-state index contributed by atoms with van der Waals surface area (Å²) in [6, 6.07) is -0.836. The van der Waals surface area contributed by atoms with E-state index in [0.717, 1.165) is 24.7 Å². The first-order chi connectivity index (χ1) is 8.74. The maximum absolute atomic E-state index is 11.6. The first kappa shape index (κ1) is 14.2. The molecule has 0 radical (unpaired) electrons. The third-order valence-corrected chi connectivity index (χ3v) is 3.90. The molecule has 5 heteroatoms. The summed E-state index contributed by atoms with van der Waals surface area (Å²) in [5, 5.41) is 11.7. The molecule has 0 spiro atoms. The van der Waals surface area contributed by atoms with Crippen LogP contribution in [0.15, 0.2) is 0 Å². The lowest BCUT2D eigenvalue weighted by Crippen LogP contribution is -2.44. The lowest BCUT2D eigenvalue weighted by molar-refractivity contribution is -0.140. The number of hydrogen-bond acceptors (Lipinski definition) is 3. The van der Waals surface area contributed by atoms with Gasteiger partial charge < -0.3 is 15.2 Å². The standard InChI is InChI=1S/C14H23NO4/c1-14(2,3)19-13(18)15-11(12(16)17)6-8-4-9-7-10(9)5-8/h8-11H,4-7H2,1-3H3,(H,15,18)(H,16,17)/t8?,9-,10+,11?. The molecule has 2 unspecified atom stereocenters. The number of nitrogens with one attached hydrogen (secondary N) is 1. The van der Waals surface area contributed by atoms with Gasteiger partial charge in [0.15, 0.2) is 0 Å². The van der Waals surface area contributed by atoms with Gasteiger partial charge in [0.25, 0.3) is 0 Å². The van der Waals surface area contributed by atoms with Crippen molar-refractivity contribution >= 4 is 12.1 Å². The molecule has 0 bridgehead atoms. The molecule has 2 fully saturated rings. The molecule has 2 aliphatic rings. The monoisotopic (exact) mass is 269 g/mol. The molecule has 2 rings (SSSR count). The van der Waals surface area contributed by atoms with Crippen molar-refractivity contribution in [3.8, 4) is 0 Å². The maximum Gasteiger partial charge on any atom is 0.408 e. The number of rotatable bonds is 4. The number of carbonyl (C=O) groups excluding carboxylic acids is 1. The average Bonchev–Trinajstić information content (AvgIpc) is 2.82. The molecule has 0 aromatic heterocycles. The number of carboxylic acid groups (broad SMARTS) is 1. The number of carboxylic acids is 1. The molecule has 0 aliphatic heterocycles. The molecule has 4 atom stereocenters. The molecule has 0 aromatic carbocycles. The number of alkyl carbamates (subject to hydrolysis) is 1. The van der Waals surface area contributed by atoms with Crippen molar-refractivity contribution in [2.75, 3.05) is 0 Å². The van der Waals surface area contributed by atoms with E-state index in [9.17, 15) is 14.7 Å². The fraction of sp³-hybridized carbons (Fsp3) is 0.857. The van der Waals surface area contributed by atoms with E-state index < -0.39 is 23.7 Å². The first-order valence-electron chi connectivity index (χ1n) is 6.97. The van der Waals surface area contributed by atoms with Gasteiger partial charge in [-0.3, -0.25) is 0 Å². The minimum absolute atomic E-state index is 0.430. The third-order valence-electron chi connectivity index (χ3n) is 3.90. The molecule has 5 nitrogen and oxygen atoms in total. The normalized spacial score (nSPS) is 30.4. The van der Waals surface area contributed by atoms with Crippen molar-refractivity contribution in [3.63, 3.8) is 0 Å². The van der Waals surface area contributed by atoms with Crippen LogP contribution in [0.4, 0.5) is 4.79 Å². The summed E-state index contributed by atoms with van der Waals surface area (Å²) in [5.74, 6) is 1.09. The Labute approximate surface area is 113 Å². The molecular formula is C14H23NO4. The molecule has 108 valence electrons. The van der Waals surface area contributed by atoms with E-state index in [1.165, 1.54) is 6.42 Å². The number of fused-ring (bicyclic) bond motifs is 1. The van der Waals surface area contributed by atoms with E-state index in [1.807, 2.05) is 0 Å². The van der Waals surface area contributed by atoms with Crippen molar-refractivity contribution < 1.29 is 19.4 Å². The molecule has 19 heavy (non-hydrogen) atoms. The van der Waals surface area contributed by atoms with Gasteiger partial charge in [-0.2, -0.15) is 0 Å². The summed E-state index contributed by atoms with van der Waals surface area (Å²) in [7, 11) is 0. The third kappa shape index (κ3) is 4.11. The van der Waals surface area contributed by atoms with E-state index in [4.69, 9.17) is 4.74 Å². The molecule has 1 amide bonds. The largest absolute Gasteiger partial charge is 0.480 e. The second-order valence-electron chi connectivity index (χ2n) is 6.87. The highest BCUT2D eigenvalue weighted by Crippen LogP contribution is 2.55. The Kier molecular flexibility index (Phi) is 3.74. The molecular weight excluding hydrogens is 246 g/mol. The second-order valence-corrected chi connectivity index (χ2v) is 6.87. The zero-order valence-electron chi connectivity index (χ0n) is 11.8. The predicted octanol–water partition coefficient (Wildman–Crippen LogP) is 2.40. The van der Waals surface area contributed by atoms with Gasteiger partial charge in [0.2, 0.25) is 0 Å². The van der Waals surface area contributed by atoms with E-state index in [2.05, 4.69) is 5.32 Å². The highest BCUT2D eigenvalue weighted by molar-refractivity contribution is 5.80. The van der Waals surface area contributed by atoms with Gasteiger partial charge >= 0.3 is 12.1 Å². The Morgan fingerprint density at radius 2 is 1.84 bits per heavy atom. The van der Waals surface area contributed by atoms with Crippen LogP contribution >= 0.6 is 0 Å². The van der Waals surface area contributed by atoms with E-state index >= 15 is 0 Å². The van der Waals surface area contributed by atoms with Crippen molar-refractivity contribution in [3.05, 3.63) is 0 Å². The van der Waals surface area contributed by atoms with Crippen LogP contribution in [-0.2, 0) is 9.53 Å². The van der Waals surface area contributed by atoms with Crippen molar-refractivity contribution in [2.24, 2.45) is 17.8 Å². The van der Waals surface area contributed by atoms with Gasteiger partial charge in [0, 0.05) is 0 Å². The van der Waals surface area contributed by atoms with Crippen LogP contribution in [0.2, 0.25) is 0 Å². The lowest BCUT2D eigenvalue weighted by Gasteiger charge is -2.23. The summed E-state index contributed by atoms with van der Waals surface area (Å²) in [5.41, 5.74) is -0.609. The van der Waals surface area contributed by atoms with Crippen LogP contribution in [0.5, 0.6) is 0 Å². The van der Waals surface area contributed by atoms with Crippen molar-refractivity contribution in [1.29, 1.82) is 0 Å². The topological polar surface area (TPSA) is 75.6 Å². The zero-order valence-corrected chi connectivity index (χ0v) is 11.8. The van der Waals surface area contributed by atoms with Gasteiger partial charge in [0.1, 0.15) is 11.6 Å². The van der Waals surface area contributed by atoms with Gasteiger partial charge in [-0.05, 0) is 64.2 Å². The van der Waals surface area contributed by atoms with Crippen LogP contribution in [-0.4, -0.2) is 28.8 Å². The predicted molar refractivity (Wildman–Crippen MR) is 69.7 cm³/mol. The molecule has 0 heterocycles. The molecule has 2 saturated carbocycles. The molecule has 0 saturated heterocycles.